The van der Waals surface area contributed by atoms with E-state index in [1.54, 1.807) is 0 Å². The number of benzene rings is 1. The number of allylic oxidation sites excluding steroid dienone is 1. The fraction of sp³-hybridized carbons (Fsp3) is 0.154. The Kier molecular flexibility index (Phi) is 2.68. The molecule has 0 atom stereocenters. The molecule has 15 heavy (non-hydrogen) atoms. The maximum atomic E-state index is 4.27. The average Bonchev–Trinajstić information content (AvgIpc) is 2.67. The Labute approximate surface area is 89.7 Å². The van der Waals surface area contributed by atoms with E-state index in [0.29, 0.717) is 0 Å². The normalized spacial score (nSPS) is 10.2. The van der Waals surface area contributed by atoms with E-state index in [1.165, 1.54) is 0 Å². The number of H-pyrrole nitrogens is 1. The monoisotopic (exact) mass is 198 g/mol. The predicted molar refractivity (Wildman–Crippen MR) is 62.5 cm³/mol. The van der Waals surface area contributed by atoms with Gasteiger partial charge >= 0.3 is 0 Å². The van der Waals surface area contributed by atoms with Crippen molar-refractivity contribution >= 4 is 0 Å². The molecule has 0 saturated carbocycles. The summed E-state index contributed by atoms with van der Waals surface area (Å²) < 4.78 is 0. The van der Waals surface area contributed by atoms with Crippen molar-refractivity contribution in [3.63, 3.8) is 0 Å². The summed E-state index contributed by atoms with van der Waals surface area (Å²) in [6.45, 7) is 5.90. The summed E-state index contributed by atoms with van der Waals surface area (Å²) in [6.07, 6.45) is 0.861. The molecule has 0 amide bonds. The molecule has 1 aromatic carbocycles. The number of hydrogen-bond acceptors (Lipinski definition) is 1. The molecule has 0 aliphatic rings. The average molecular weight is 198 g/mol. The van der Waals surface area contributed by atoms with Gasteiger partial charge in [0.2, 0.25) is 0 Å². The van der Waals surface area contributed by atoms with Gasteiger partial charge in [-0.05, 0) is 13.0 Å². The first-order chi connectivity index (χ1) is 7.25. The quantitative estimate of drug-likeness (QED) is 0.754. The highest BCUT2D eigenvalue weighted by atomic mass is 15.1. The lowest BCUT2D eigenvalue weighted by Gasteiger charge is -1.93. The smallest absolute Gasteiger partial charge is 0.0923 e. The van der Waals surface area contributed by atoms with Crippen LogP contribution < -0.4 is 0 Å². The van der Waals surface area contributed by atoms with Gasteiger partial charge in [-0.25, -0.2) is 0 Å². The molecular formula is C13H14N2. The molecule has 1 heterocycles. The van der Waals surface area contributed by atoms with Crippen molar-refractivity contribution in [2.45, 2.75) is 13.3 Å². The maximum Gasteiger partial charge on any atom is 0.0923 e. The van der Waals surface area contributed by atoms with E-state index in [2.05, 4.69) is 35.0 Å². The van der Waals surface area contributed by atoms with Gasteiger partial charge in [0.1, 0.15) is 0 Å². The molecule has 0 fully saturated rings. The molecule has 0 spiro atoms. The van der Waals surface area contributed by atoms with Crippen molar-refractivity contribution in [3.8, 4) is 11.3 Å². The third kappa shape index (κ3) is 2.34. The van der Waals surface area contributed by atoms with Gasteiger partial charge in [-0.15, -0.1) is 0 Å². The zero-order valence-corrected chi connectivity index (χ0v) is 8.83. The van der Waals surface area contributed by atoms with Crippen molar-refractivity contribution in [3.05, 3.63) is 54.2 Å². The number of rotatable bonds is 3. The predicted octanol–water partition coefficient (Wildman–Crippen LogP) is 3.20. The third-order valence-corrected chi connectivity index (χ3v) is 2.19. The molecule has 0 unspecified atom stereocenters. The van der Waals surface area contributed by atoms with Gasteiger partial charge in [0.15, 0.2) is 0 Å². The van der Waals surface area contributed by atoms with Gasteiger partial charge in [0.05, 0.1) is 5.69 Å². The Morgan fingerprint density at radius 3 is 2.73 bits per heavy atom. The van der Waals surface area contributed by atoms with E-state index >= 15 is 0 Å². The summed E-state index contributed by atoms with van der Waals surface area (Å²) in [6, 6.07) is 12.2. The molecule has 2 rings (SSSR count). The molecular weight excluding hydrogens is 184 g/mol. The van der Waals surface area contributed by atoms with Crippen molar-refractivity contribution < 1.29 is 0 Å². The third-order valence-electron chi connectivity index (χ3n) is 2.19. The number of nitrogens with one attached hydrogen (secondary N) is 1. The molecule has 0 bridgehead atoms. The first kappa shape index (κ1) is 9.71. The summed E-state index contributed by atoms with van der Waals surface area (Å²) in [5.74, 6) is 0. The van der Waals surface area contributed by atoms with Crippen LogP contribution in [0.15, 0.2) is 48.6 Å². The minimum absolute atomic E-state index is 0.861. The van der Waals surface area contributed by atoms with Crippen molar-refractivity contribution in [1.82, 2.24) is 10.2 Å². The SMILES string of the molecule is C=C(C)Cc1cc(-c2ccccc2)n[nH]1. The lowest BCUT2D eigenvalue weighted by Crippen LogP contribution is -1.84. The zero-order valence-electron chi connectivity index (χ0n) is 8.83. The van der Waals surface area contributed by atoms with Gasteiger partial charge < -0.3 is 0 Å². The highest BCUT2D eigenvalue weighted by molar-refractivity contribution is 5.58. The first-order valence-electron chi connectivity index (χ1n) is 5.00. The zero-order chi connectivity index (χ0) is 10.7. The van der Waals surface area contributed by atoms with Gasteiger partial charge in [-0.3, -0.25) is 5.10 Å². The number of aromatic amines is 1. The second-order valence-corrected chi connectivity index (χ2v) is 3.78. The van der Waals surface area contributed by atoms with E-state index in [4.69, 9.17) is 0 Å². The lowest BCUT2D eigenvalue weighted by molar-refractivity contribution is 0.988. The molecule has 0 aliphatic carbocycles. The van der Waals surface area contributed by atoms with Crippen LogP contribution in [0.25, 0.3) is 11.3 Å². The van der Waals surface area contributed by atoms with E-state index in [0.717, 1.165) is 28.9 Å². The highest BCUT2D eigenvalue weighted by Gasteiger charge is 2.02. The summed E-state index contributed by atoms with van der Waals surface area (Å²) in [4.78, 5) is 0. The molecule has 76 valence electrons. The maximum absolute atomic E-state index is 4.27. The summed E-state index contributed by atoms with van der Waals surface area (Å²) in [5, 5.41) is 7.30. The Balaban J connectivity index is 2.24. The fourth-order valence-corrected chi connectivity index (χ4v) is 1.53. The van der Waals surface area contributed by atoms with E-state index < -0.39 is 0 Å². The number of aromatic nitrogens is 2. The van der Waals surface area contributed by atoms with Crippen molar-refractivity contribution in [2.24, 2.45) is 0 Å². The Hall–Kier alpha value is -1.83. The van der Waals surface area contributed by atoms with Crippen LogP contribution in [-0.2, 0) is 6.42 Å². The Morgan fingerprint density at radius 2 is 2.07 bits per heavy atom. The van der Waals surface area contributed by atoms with Crippen LogP contribution in [0, 0.1) is 0 Å². The molecule has 1 aromatic heterocycles. The van der Waals surface area contributed by atoms with Crippen molar-refractivity contribution in [1.29, 1.82) is 0 Å². The van der Waals surface area contributed by atoms with Gasteiger partial charge in [0.25, 0.3) is 0 Å². The molecule has 2 nitrogen and oxygen atoms in total. The summed E-state index contributed by atoms with van der Waals surface area (Å²) >= 11 is 0. The van der Waals surface area contributed by atoms with Crippen LogP contribution in [0.5, 0.6) is 0 Å². The second-order valence-electron chi connectivity index (χ2n) is 3.78. The van der Waals surface area contributed by atoms with Crippen LogP contribution in [-0.4, -0.2) is 10.2 Å². The summed E-state index contributed by atoms with van der Waals surface area (Å²) in [5.41, 5.74) is 4.38. The molecule has 1 N–H and O–H groups in total. The molecule has 0 saturated heterocycles. The van der Waals surface area contributed by atoms with Crippen molar-refractivity contribution in [2.75, 3.05) is 0 Å². The summed E-state index contributed by atoms with van der Waals surface area (Å²) in [7, 11) is 0. The van der Waals surface area contributed by atoms with Gasteiger partial charge in [-0.2, -0.15) is 5.10 Å². The standard InChI is InChI=1S/C13H14N2/c1-10(2)8-12-9-13(15-14-12)11-6-4-3-5-7-11/h3-7,9H,1,8H2,2H3,(H,14,15). The van der Waals surface area contributed by atoms with Crippen LogP contribution >= 0.6 is 0 Å². The fourth-order valence-electron chi connectivity index (χ4n) is 1.53. The van der Waals surface area contributed by atoms with Crippen LogP contribution in [0.4, 0.5) is 0 Å². The van der Waals surface area contributed by atoms with E-state index in [1.807, 2.05) is 25.1 Å². The largest absolute Gasteiger partial charge is 0.282 e. The second kappa shape index (κ2) is 4.13. The molecule has 2 aromatic rings. The van der Waals surface area contributed by atoms with E-state index in [9.17, 15) is 0 Å². The minimum atomic E-state index is 0.861. The molecule has 2 heteroatoms. The van der Waals surface area contributed by atoms with Gasteiger partial charge in [0, 0.05) is 17.7 Å². The van der Waals surface area contributed by atoms with E-state index in [-0.39, 0.29) is 0 Å². The van der Waals surface area contributed by atoms with Gasteiger partial charge in [-0.1, -0.05) is 42.5 Å². The minimum Gasteiger partial charge on any atom is -0.282 e. The number of nitrogens with zero attached hydrogens (tertiary/aromatic N) is 1. The molecule has 0 radical (unpaired) electrons. The topological polar surface area (TPSA) is 28.7 Å². The lowest BCUT2D eigenvalue weighted by atomic mass is 10.1. The van der Waals surface area contributed by atoms with Crippen LogP contribution in [0.1, 0.15) is 12.6 Å². The number of hydrogen-bond donors (Lipinski definition) is 1. The Morgan fingerprint density at radius 1 is 1.33 bits per heavy atom. The van der Waals surface area contributed by atoms with Crippen LogP contribution in [0.3, 0.4) is 0 Å². The first-order valence-corrected chi connectivity index (χ1v) is 5.00. The Bertz CT molecular complexity index is 454. The highest BCUT2D eigenvalue weighted by Crippen LogP contribution is 2.17. The van der Waals surface area contributed by atoms with Crippen LogP contribution in [0.2, 0.25) is 0 Å². The molecule has 0 aliphatic heterocycles.